The lowest BCUT2D eigenvalue weighted by molar-refractivity contribution is -0.193. The molecule has 0 aromatic heterocycles. The Labute approximate surface area is 131 Å². The first-order valence-electron chi connectivity index (χ1n) is 8.14. The summed E-state index contributed by atoms with van der Waals surface area (Å²) in [4.78, 5) is 12.2. The minimum absolute atomic E-state index is 0.0105. The molecule has 4 heteroatoms. The van der Waals surface area contributed by atoms with Crippen molar-refractivity contribution < 1.29 is 13.9 Å². The third-order valence-corrected chi connectivity index (χ3v) is 5.20. The van der Waals surface area contributed by atoms with E-state index in [0.29, 0.717) is 18.8 Å². The average Bonchev–Trinajstić information content (AvgIpc) is 2.52. The van der Waals surface area contributed by atoms with Crippen molar-refractivity contribution in [2.24, 2.45) is 11.3 Å². The number of amides is 1. The van der Waals surface area contributed by atoms with Gasteiger partial charge in [-0.15, -0.1) is 0 Å². The molecule has 1 saturated carbocycles. The van der Waals surface area contributed by atoms with E-state index >= 15 is 0 Å². The van der Waals surface area contributed by atoms with Crippen molar-refractivity contribution in [3.05, 3.63) is 35.6 Å². The fourth-order valence-electron chi connectivity index (χ4n) is 3.97. The van der Waals surface area contributed by atoms with Gasteiger partial charge in [0.05, 0.1) is 6.10 Å². The lowest BCUT2D eigenvalue weighted by Crippen LogP contribution is -2.70. The van der Waals surface area contributed by atoms with Gasteiger partial charge in [0.15, 0.2) is 0 Å². The molecule has 120 valence electrons. The molecule has 2 aliphatic rings. The average molecular weight is 305 g/mol. The van der Waals surface area contributed by atoms with Crippen LogP contribution >= 0.6 is 0 Å². The number of ether oxygens (including phenoxy) is 1. The van der Waals surface area contributed by atoms with Gasteiger partial charge in [0.25, 0.3) is 0 Å². The van der Waals surface area contributed by atoms with E-state index in [1.165, 1.54) is 12.1 Å². The number of nitrogens with one attached hydrogen (secondary N) is 1. The third-order valence-electron chi connectivity index (χ3n) is 5.20. The monoisotopic (exact) mass is 305 g/mol. The molecule has 1 saturated heterocycles. The molecule has 1 heterocycles. The predicted octanol–water partition coefficient (Wildman–Crippen LogP) is 3.08. The fourth-order valence-corrected chi connectivity index (χ4v) is 3.97. The van der Waals surface area contributed by atoms with Crippen LogP contribution in [0.4, 0.5) is 4.39 Å². The standard InChI is InChI=1S/C18H24FNO2/c1-18(2)16(14-4-3-11-22-17(14)18)20-15(21)10-7-12-5-8-13(19)9-6-12/h5-6,8-9,14,16-17H,3-4,7,10-11H2,1-2H3,(H,20,21)/t14-,16-,17+/m1/s1. The number of rotatable bonds is 4. The van der Waals surface area contributed by atoms with Gasteiger partial charge in [-0.3, -0.25) is 4.79 Å². The van der Waals surface area contributed by atoms with Crippen LogP contribution in [-0.2, 0) is 16.0 Å². The molecule has 1 N–H and O–H groups in total. The lowest BCUT2D eigenvalue weighted by Gasteiger charge is -2.59. The Morgan fingerprint density at radius 3 is 2.82 bits per heavy atom. The molecule has 22 heavy (non-hydrogen) atoms. The van der Waals surface area contributed by atoms with Crippen LogP contribution in [0.3, 0.4) is 0 Å². The van der Waals surface area contributed by atoms with Crippen LogP contribution in [0.25, 0.3) is 0 Å². The highest BCUT2D eigenvalue weighted by atomic mass is 19.1. The summed E-state index contributed by atoms with van der Waals surface area (Å²) in [5.41, 5.74) is 1.000. The van der Waals surface area contributed by atoms with E-state index in [9.17, 15) is 9.18 Å². The second-order valence-electron chi connectivity index (χ2n) is 7.09. The number of halogens is 1. The van der Waals surface area contributed by atoms with Crippen molar-refractivity contribution in [2.45, 2.75) is 51.7 Å². The number of carbonyl (C=O) groups excluding carboxylic acids is 1. The SMILES string of the molecule is CC1(C)[C@H](NC(=O)CCc2ccc(F)cc2)[C@H]2CCCO[C@@H]21. The quantitative estimate of drug-likeness (QED) is 0.928. The summed E-state index contributed by atoms with van der Waals surface area (Å²) in [7, 11) is 0. The minimum atomic E-state index is -0.243. The van der Waals surface area contributed by atoms with Crippen molar-refractivity contribution in [3.63, 3.8) is 0 Å². The van der Waals surface area contributed by atoms with Gasteiger partial charge in [-0.2, -0.15) is 0 Å². The van der Waals surface area contributed by atoms with Gasteiger partial charge in [0, 0.05) is 30.4 Å². The van der Waals surface area contributed by atoms with E-state index in [1.54, 1.807) is 12.1 Å². The molecule has 3 atom stereocenters. The Balaban J connectivity index is 1.52. The zero-order chi connectivity index (χ0) is 15.7. The third kappa shape index (κ3) is 2.89. The molecule has 1 amide bonds. The number of hydrogen-bond donors (Lipinski definition) is 1. The maximum atomic E-state index is 12.9. The maximum Gasteiger partial charge on any atom is 0.220 e. The van der Waals surface area contributed by atoms with Crippen molar-refractivity contribution in [3.8, 4) is 0 Å². The molecule has 3 nitrogen and oxygen atoms in total. The van der Waals surface area contributed by atoms with Gasteiger partial charge in [0.1, 0.15) is 5.82 Å². The number of fused-ring (bicyclic) bond motifs is 1. The molecule has 3 rings (SSSR count). The number of benzene rings is 1. The Hall–Kier alpha value is -1.42. The number of hydrogen-bond acceptors (Lipinski definition) is 2. The van der Waals surface area contributed by atoms with Crippen LogP contribution < -0.4 is 5.32 Å². The molecule has 0 unspecified atom stereocenters. The van der Waals surface area contributed by atoms with Gasteiger partial charge in [-0.25, -0.2) is 4.39 Å². The molecule has 1 aromatic carbocycles. The minimum Gasteiger partial charge on any atom is -0.377 e. The van der Waals surface area contributed by atoms with E-state index in [2.05, 4.69) is 19.2 Å². The molecule has 1 aliphatic heterocycles. The summed E-state index contributed by atoms with van der Waals surface area (Å²) >= 11 is 0. The Bertz CT molecular complexity index is 541. The zero-order valence-electron chi connectivity index (χ0n) is 13.3. The predicted molar refractivity (Wildman–Crippen MR) is 82.9 cm³/mol. The molecule has 0 spiro atoms. The first-order chi connectivity index (χ1) is 10.5. The van der Waals surface area contributed by atoms with Crippen molar-refractivity contribution in [2.75, 3.05) is 6.61 Å². The van der Waals surface area contributed by atoms with Gasteiger partial charge >= 0.3 is 0 Å². The van der Waals surface area contributed by atoms with Crippen LogP contribution in [0.2, 0.25) is 0 Å². The second kappa shape index (κ2) is 5.99. The Morgan fingerprint density at radius 2 is 2.09 bits per heavy atom. The van der Waals surface area contributed by atoms with Crippen LogP contribution in [-0.4, -0.2) is 24.7 Å². The normalized spacial score (nSPS) is 29.3. The van der Waals surface area contributed by atoms with E-state index in [1.807, 2.05) is 0 Å². The summed E-state index contributed by atoms with van der Waals surface area (Å²) in [6.07, 6.45) is 3.58. The molecular weight excluding hydrogens is 281 g/mol. The van der Waals surface area contributed by atoms with Crippen LogP contribution in [0.5, 0.6) is 0 Å². The van der Waals surface area contributed by atoms with Crippen LogP contribution in [0.15, 0.2) is 24.3 Å². The van der Waals surface area contributed by atoms with Gasteiger partial charge < -0.3 is 10.1 Å². The smallest absolute Gasteiger partial charge is 0.220 e. The summed E-state index contributed by atoms with van der Waals surface area (Å²) in [5, 5.41) is 3.19. The highest BCUT2D eigenvalue weighted by Gasteiger charge is 2.58. The van der Waals surface area contributed by atoms with Crippen LogP contribution in [0, 0.1) is 17.2 Å². The molecule has 1 aromatic rings. The summed E-state index contributed by atoms with van der Waals surface area (Å²) < 4.78 is 18.7. The van der Waals surface area contributed by atoms with E-state index in [4.69, 9.17) is 4.74 Å². The Kier molecular flexibility index (Phi) is 4.22. The van der Waals surface area contributed by atoms with Gasteiger partial charge in [0.2, 0.25) is 5.91 Å². The summed E-state index contributed by atoms with van der Waals surface area (Å²) in [5.74, 6) is 0.290. The number of aryl methyl sites for hydroxylation is 1. The second-order valence-corrected chi connectivity index (χ2v) is 7.09. The van der Waals surface area contributed by atoms with Crippen molar-refractivity contribution in [1.82, 2.24) is 5.32 Å². The van der Waals surface area contributed by atoms with Crippen LogP contribution in [0.1, 0.15) is 38.7 Å². The molecule has 0 bridgehead atoms. The van der Waals surface area contributed by atoms with E-state index < -0.39 is 0 Å². The fraction of sp³-hybridized carbons (Fsp3) is 0.611. The highest BCUT2D eigenvalue weighted by molar-refractivity contribution is 5.76. The summed E-state index contributed by atoms with van der Waals surface area (Å²) in [6.45, 7) is 5.19. The lowest BCUT2D eigenvalue weighted by atomic mass is 9.55. The topological polar surface area (TPSA) is 38.3 Å². The van der Waals surface area contributed by atoms with E-state index in [0.717, 1.165) is 25.0 Å². The van der Waals surface area contributed by atoms with Gasteiger partial charge in [-0.1, -0.05) is 26.0 Å². The molecular formula is C18H24FNO2. The van der Waals surface area contributed by atoms with Crippen molar-refractivity contribution >= 4 is 5.91 Å². The number of carbonyl (C=O) groups is 1. The molecule has 2 fully saturated rings. The maximum absolute atomic E-state index is 12.9. The first-order valence-corrected chi connectivity index (χ1v) is 8.14. The van der Waals surface area contributed by atoms with Gasteiger partial charge in [-0.05, 0) is 37.0 Å². The molecule has 1 aliphatic carbocycles. The summed E-state index contributed by atoms with van der Waals surface area (Å²) in [6, 6.07) is 6.55. The van der Waals surface area contributed by atoms with Crippen molar-refractivity contribution in [1.29, 1.82) is 0 Å². The zero-order valence-corrected chi connectivity index (χ0v) is 13.3. The Morgan fingerprint density at radius 1 is 1.36 bits per heavy atom. The largest absolute Gasteiger partial charge is 0.377 e. The first kappa shape index (κ1) is 15.5. The highest BCUT2D eigenvalue weighted by Crippen LogP contribution is 2.51. The molecule has 0 radical (unpaired) electrons. The van der Waals surface area contributed by atoms with E-state index in [-0.39, 0.29) is 29.3 Å².